The Bertz CT molecular complexity index is 873. The van der Waals surface area contributed by atoms with Crippen LogP contribution in [0.25, 0.3) is 11.3 Å². The van der Waals surface area contributed by atoms with Crippen LogP contribution in [-0.4, -0.2) is 47.9 Å². The normalized spacial score (nSPS) is 21.3. The van der Waals surface area contributed by atoms with E-state index in [1.807, 2.05) is 5.38 Å². The fraction of sp³-hybridized carbons (Fsp3) is 0.591. The molecule has 32 heavy (non-hydrogen) atoms. The molecular formula is C22H29F3N4O2S. The number of hydrogen-bond acceptors (Lipinski definition) is 6. The lowest BCUT2D eigenvalue weighted by Crippen LogP contribution is -2.44. The van der Waals surface area contributed by atoms with Crippen LogP contribution in [0.15, 0.2) is 23.7 Å². The smallest absolute Gasteiger partial charge is 0.378 e. The fourth-order valence-electron chi connectivity index (χ4n) is 3.86. The van der Waals surface area contributed by atoms with Crippen LogP contribution in [0.2, 0.25) is 0 Å². The summed E-state index contributed by atoms with van der Waals surface area (Å²) < 4.78 is 46.6. The lowest BCUT2D eigenvalue weighted by Gasteiger charge is -2.37. The van der Waals surface area contributed by atoms with Crippen molar-refractivity contribution in [3.63, 3.8) is 0 Å². The third kappa shape index (κ3) is 6.41. The minimum absolute atomic E-state index is 0.0285. The zero-order valence-electron chi connectivity index (χ0n) is 18.2. The van der Waals surface area contributed by atoms with Gasteiger partial charge in [-0.15, -0.1) is 11.3 Å². The number of hydrogen-bond donors (Lipinski definition) is 2. The average molecular weight is 471 g/mol. The average Bonchev–Trinajstić information content (AvgIpc) is 3.24. The van der Waals surface area contributed by atoms with Gasteiger partial charge in [0.05, 0.1) is 17.7 Å². The van der Waals surface area contributed by atoms with E-state index in [9.17, 15) is 18.0 Å². The van der Waals surface area contributed by atoms with Gasteiger partial charge in [-0.25, -0.2) is 4.98 Å². The van der Waals surface area contributed by atoms with Gasteiger partial charge in [-0.05, 0) is 37.8 Å². The number of anilines is 1. The van der Waals surface area contributed by atoms with Gasteiger partial charge < -0.3 is 15.4 Å². The largest absolute Gasteiger partial charge is 0.394 e. The summed E-state index contributed by atoms with van der Waals surface area (Å²) in [7, 11) is 1.53. The molecule has 0 spiro atoms. The van der Waals surface area contributed by atoms with Gasteiger partial charge in [-0.3, -0.25) is 9.78 Å². The van der Waals surface area contributed by atoms with Gasteiger partial charge in [0.2, 0.25) is 0 Å². The van der Waals surface area contributed by atoms with Crippen LogP contribution in [0.5, 0.6) is 0 Å². The summed E-state index contributed by atoms with van der Waals surface area (Å²) in [6.07, 6.45) is 0.198. The summed E-state index contributed by atoms with van der Waals surface area (Å²) >= 11 is 1.34. The molecule has 0 aliphatic heterocycles. The van der Waals surface area contributed by atoms with Crippen molar-refractivity contribution >= 4 is 22.4 Å². The van der Waals surface area contributed by atoms with E-state index < -0.39 is 18.2 Å². The number of halogens is 3. The van der Waals surface area contributed by atoms with Crippen molar-refractivity contribution in [3.8, 4) is 11.3 Å². The Balaban J connectivity index is 1.60. The highest BCUT2D eigenvalue weighted by molar-refractivity contribution is 7.14. The van der Waals surface area contributed by atoms with E-state index in [0.717, 1.165) is 24.8 Å². The topological polar surface area (TPSA) is 76.1 Å². The number of alkyl halides is 3. The molecule has 2 N–H and O–H groups in total. The van der Waals surface area contributed by atoms with E-state index in [0.29, 0.717) is 36.0 Å². The molecule has 1 aliphatic rings. The maximum Gasteiger partial charge on any atom is 0.394 e. The van der Waals surface area contributed by atoms with E-state index >= 15 is 0 Å². The highest BCUT2D eigenvalue weighted by Crippen LogP contribution is 2.40. The quantitative estimate of drug-likeness (QED) is 0.488. The third-order valence-corrected chi connectivity index (χ3v) is 6.41. The molecule has 2 heterocycles. The Hall–Kier alpha value is -2.20. The molecule has 10 heteroatoms. The van der Waals surface area contributed by atoms with Crippen molar-refractivity contribution in [2.75, 3.05) is 19.0 Å². The van der Waals surface area contributed by atoms with Crippen LogP contribution in [0, 0.1) is 5.92 Å². The monoisotopic (exact) mass is 470 g/mol. The van der Waals surface area contributed by atoms with Crippen molar-refractivity contribution in [2.45, 2.75) is 63.8 Å². The Kier molecular flexibility index (Phi) is 8.47. The summed E-state index contributed by atoms with van der Waals surface area (Å²) in [5.74, 6) is -1.75. The molecule has 0 saturated heterocycles. The van der Waals surface area contributed by atoms with Crippen molar-refractivity contribution in [2.24, 2.45) is 5.92 Å². The highest BCUT2D eigenvalue weighted by Gasteiger charge is 2.48. The molecule has 0 bridgehead atoms. The third-order valence-electron chi connectivity index (χ3n) is 5.64. The Morgan fingerprint density at radius 2 is 2.09 bits per heavy atom. The molecule has 2 unspecified atom stereocenters. The van der Waals surface area contributed by atoms with Crippen molar-refractivity contribution in [3.05, 3.63) is 29.4 Å². The zero-order valence-corrected chi connectivity index (χ0v) is 19.1. The predicted molar refractivity (Wildman–Crippen MR) is 119 cm³/mol. The zero-order chi connectivity index (χ0) is 23.1. The van der Waals surface area contributed by atoms with Gasteiger partial charge >= 0.3 is 6.18 Å². The van der Waals surface area contributed by atoms with Crippen LogP contribution < -0.4 is 10.6 Å². The number of ether oxygens (including phenoxy) is 1. The Labute approximate surface area is 190 Å². The van der Waals surface area contributed by atoms with Gasteiger partial charge in [0.25, 0.3) is 5.91 Å². The summed E-state index contributed by atoms with van der Waals surface area (Å²) in [6, 6.07) is 3.04. The molecule has 1 amide bonds. The van der Waals surface area contributed by atoms with Gasteiger partial charge in [0.15, 0.2) is 5.13 Å². The first-order valence-electron chi connectivity index (χ1n) is 10.9. The van der Waals surface area contributed by atoms with Crippen LogP contribution in [0.1, 0.15) is 55.9 Å². The molecule has 1 saturated carbocycles. The minimum atomic E-state index is -4.29. The Morgan fingerprint density at radius 3 is 2.75 bits per heavy atom. The summed E-state index contributed by atoms with van der Waals surface area (Å²) in [4.78, 5) is 20.2. The second-order valence-electron chi connectivity index (χ2n) is 7.97. The van der Waals surface area contributed by atoms with Gasteiger partial charge in [-0.2, -0.15) is 13.2 Å². The first kappa shape index (κ1) is 24.4. The molecule has 1 fully saturated rings. The van der Waals surface area contributed by atoms with Gasteiger partial charge in [0, 0.05) is 36.8 Å². The number of unbranched alkanes of at least 4 members (excludes halogenated alkanes) is 2. The van der Waals surface area contributed by atoms with E-state index in [1.165, 1.54) is 18.4 Å². The van der Waals surface area contributed by atoms with Crippen LogP contribution in [-0.2, 0) is 4.74 Å². The van der Waals surface area contributed by atoms with Crippen LogP contribution >= 0.6 is 11.3 Å². The maximum atomic E-state index is 13.7. The molecular weight excluding hydrogens is 441 g/mol. The van der Waals surface area contributed by atoms with Crippen LogP contribution in [0.3, 0.4) is 0 Å². The number of aromatic nitrogens is 2. The number of carbonyl (C=O) groups excluding carboxylic acids is 1. The number of pyridine rings is 1. The SMILES string of the molecule is CCCCCOC1CC[C@@H](Nc2nc(-c3ccc(C(=O)NC)nc3)cs2)CC1C(F)(F)F. The molecule has 176 valence electrons. The molecule has 3 atom stereocenters. The van der Waals surface area contributed by atoms with Crippen molar-refractivity contribution in [1.29, 1.82) is 0 Å². The number of carbonyl (C=O) groups is 1. The van der Waals surface area contributed by atoms with Crippen molar-refractivity contribution < 1.29 is 22.7 Å². The van der Waals surface area contributed by atoms with E-state index in [1.54, 1.807) is 18.3 Å². The highest BCUT2D eigenvalue weighted by atomic mass is 32.1. The molecule has 6 nitrogen and oxygen atoms in total. The number of amides is 1. The number of nitrogens with zero attached hydrogens (tertiary/aromatic N) is 2. The van der Waals surface area contributed by atoms with E-state index in [2.05, 4.69) is 27.5 Å². The van der Waals surface area contributed by atoms with Crippen LogP contribution in [0.4, 0.5) is 18.3 Å². The second kappa shape index (κ2) is 11.1. The summed E-state index contributed by atoms with van der Waals surface area (Å²) in [6.45, 7) is 2.43. The lowest BCUT2D eigenvalue weighted by molar-refractivity contribution is -0.216. The number of nitrogens with one attached hydrogen (secondary N) is 2. The molecule has 2 aromatic heterocycles. The first-order valence-corrected chi connectivity index (χ1v) is 11.8. The van der Waals surface area contributed by atoms with Gasteiger partial charge in [0.1, 0.15) is 5.69 Å². The number of rotatable bonds is 9. The summed E-state index contributed by atoms with van der Waals surface area (Å²) in [5, 5.41) is 8.08. The number of thiazole rings is 1. The minimum Gasteiger partial charge on any atom is -0.378 e. The molecule has 0 radical (unpaired) electrons. The predicted octanol–water partition coefficient (Wildman–Crippen LogP) is 5.28. The van der Waals surface area contributed by atoms with E-state index in [-0.39, 0.29) is 18.4 Å². The molecule has 3 rings (SSSR count). The Morgan fingerprint density at radius 1 is 1.28 bits per heavy atom. The summed E-state index contributed by atoms with van der Waals surface area (Å²) in [5.41, 5.74) is 1.70. The van der Waals surface area contributed by atoms with Gasteiger partial charge in [-0.1, -0.05) is 19.8 Å². The second-order valence-corrected chi connectivity index (χ2v) is 8.83. The maximum absolute atomic E-state index is 13.7. The molecule has 0 aromatic carbocycles. The van der Waals surface area contributed by atoms with Crippen molar-refractivity contribution in [1.82, 2.24) is 15.3 Å². The van der Waals surface area contributed by atoms with E-state index in [4.69, 9.17) is 4.74 Å². The lowest BCUT2D eigenvalue weighted by atomic mass is 9.82. The molecule has 2 aromatic rings. The fourth-order valence-corrected chi connectivity index (χ4v) is 4.66. The standard InChI is InChI=1S/C22H29F3N4O2S/c1-3-4-5-10-31-19-9-7-15(11-16(19)22(23,24)25)28-21-29-18(13-32-21)14-6-8-17(27-12-14)20(30)26-2/h6,8,12-13,15-16,19H,3-5,7,9-11H2,1-2H3,(H,26,30)(H,28,29)/t15-,16?,19?/m1/s1. The molecule has 1 aliphatic carbocycles. The first-order chi connectivity index (χ1) is 15.3.